The van der Waals surface area contributed by atoms with Crippen molar-refractivity contribution in [1.82, 2.24) is 15.1 Å². The van der Waals surface area contributed by atoms with Crippen LogP contribution in [0.25, 0.3) is 0 Å². The number of nitrogens with zero attached hydrogens (tertiary/aromatic N) is 2. The number of aryl methyl sites for hydroxylation is 1. The van der Waals surface area contributed by atoms with Crippen LogP contribution in [-0.2, 0) is 11.8 Å². The van der Waals surface area contributed by atoms with Gasteiger partial charge in [0.05, 0.1) is 31.1 Å². The van der Waals surface area contributed by atoms with Gasteiger partial charge in [-0.3, -0.25) is 4.68 Å². The smallest absolute Gasteiger partial charge is 0.161 e. The Bertz CT molecular complexity index is 338. The normalized spacial score (nSPS) is 14.6. The molecule has 5 nitrogen and oxygen atoms in total. The summed E-state index contributed by atoms with van der Waals surface area (Å²) in [6.45, 7) is 2.15. The molecule has 1 aromatic heterocycles. The molecular weight excluding hydrogens is 218 g/mol. The Morgan fingerprint density at radius 2 is 2.18 bits per heavy atom. The second kappa shape index (κ2) is 6.61. The van der Waals surface area contributed by atoms with Crippen LogP contribution in [-0.4, -0.2) is 37.2 Å². The van der Waals surface area contributed by atoms with Crippen molar-refractivity contribution in [3.63, 3.8) is 0 Å². The van der Waals surface area contributed by atoms with Crippen LogP contribution in [0.1, 0.15) is 31.5 Å². The first kappa shape index (κ1) is 14.0. The molecule has 17 heavy (non-hydrogen) atoms. The molecule has 2 unspecified atom stereocenters. The Labute approximate surface area is 103 Å². The second-order valence-corrected chi connectivity index (χ2v) is 4.05. The van der Waals surface area contributed by atoms with Crippen molar-refractivity contribution in [3.8, 4) is 5.75 Å². The Kier molecular flexibility index (Phi) is 5.44. The van der Waals surface area contributed by atoms with Crippen molar-refractivity contribution in [2.24, 2.45) is 7.05 Å². The van der Waals surface area contributed by atoms with Crippen LogP contribution in [0.2, 0.25) is 0 Å². The number of nitrogens with one attached hydrogen (secondary N) is 1. The molecular formula is C12H23N3O2. The van der Waals surface area contributed by atoms with E-state index in [1.54, 1.807) is 20.4 Å². The summed E-state index contributed by atoms with van der Waals surface area (Å²) in [5.74, 6) is 0.796. The molecule has 0 saturated heterocycles. The number of methoxy groups -OCH3 is 2. The fourth-order valence-electron chi connectivity index (χ4n) is 2.14. The lowest BCUT2D eigenvalue weighted by atomic mass is 10.0. The highest BCUT2D eigenvalue weighted by Crippen LogP contribution is 2.29. The second-order valence-electron chi connectivity index (χ2n) is 4.05. The van der Waals surface area contributed by atoms with Crippen LogP contribution >= 0.6 is 0 Å². The summed E-state index contributed by atoms with van der Waals surface area (Å²) in [6, 6.07) is 0.0856. The van der Waals surface area contributed by atoms with E-state index in [-0.39, 0.29) is 12.1 Å². The standard InChI is InChI=1S/C12H23N3O2/c1-6-7-9(16-4)11(13-2)12-10(17-5)8-14-15(12)3/h8-9,11,13H,6-7H2,1-5H3. The predicted molar refractivity (Wildman–Crippen MR) is 67.3 cm³/mol. The molecule has 0 aliphatic heterocycles. The lowest BCUT2D eigenvalue weighted by molar-refractivity contribution is 0.0597. The first-order valence-corrected chi connectivity index (χ1v) is 5.95. The molecule has 2 atom stereocenters. The summed E-state index contributed by atoms with van der Waals surface area (Å²) < 4.78 is 12.7. The predicted octanol–water partition coefficient (Wildman–Crippen LogP) is 1.50. The Hall–Kier alpha value is -1.07. The van der Waals surface area contributed by atoms with E-state index in [0.717, 1.165) is 24.3 Å². The van der Waals surface area contributed by atoms with Crippen LogP contribution in [0.15, 0.2) is 6.20 Å². The van der Waals surface area contributed by atoms with Gasteiger partial charge in [-0.15, -0.1) is 0 Å². The molecule has 1 rings (SSSR count). The maximum absolute atomic E-state index is 5.56. The Morgan fingerprint density at radius 1 is 1.47 bits per heavy atom. The van der Waals surface area contributed by atoms with Crippen LogP contribution in [0.3, 0.4) is 0 Å². The van der Waals surface area contributed by atoms with Crippen LogP contribution < -0.4 is 10.1 Å². The quantitative estimate of drug-likeness (QED) is 0.786. The first-order valence-electron chi connectivity index (χ1n) is 5.95. The molecule has 1 heterocycles. The lowest BCUT2D eigenvalue weighted by Crippen LogP contribution is -2.32. The molecule has 0 radical (unpaired) electrons. The van der Waals surface area contributed by atoms with Gasteiger partial charge in [0.1, 0.15) is 0 Å². The molecule has 1 N–H and O–H groups in total. The van der Waals surface area contributed by atoms with Gasteiger partial charge in [0, 0.05) is 14.2 Å². The topological polar surface area (TPSA) is 48.3 Å². The van der Waals surface area contributed by atoms with E-state index >= 15 is 0 Å². The number of hydrogen-bond acceptors (Lipinski definition) is 4. The number of likely N-dealkylation sites (N-methyl/N-ethyl adjacent to an activating group) is 1. The molecule has 0 spiro atoms. The van der Waals surface area contributed by atoms with Crippen LogP contribution in [0.4, 0.5) is 0 Å². The van der Waals surface area contributed by atoms with Crippen molar-refractivity contribution in [2.45, 2.75) is 31.9 Å². The van der Waals surface area contributed by atoms with Crippen LogP contribution in [0, 0.1) is 0 Å². The third kappa shape index (κ3) is 2.98. The SMILES string of the molecule is CCCC(OC)C(NC)c1c(OC)cnn1C. The molecule has 0 amide bonds. The fraction of sp³-hybridized carbons (Fsp3) is 0.750. The average molecular weight is 241 g/mol. The van der Waals surface area contributed by atoms with E-state index in [4.69, 9.17) is 9.47 Å². The molecule has 98 valence electrons. The Balaban J connectivity index is 3.02. The number of rotatable bonds is 7. The maximum Gasteiger partial charge on any atom is 0.161 e. The minimum Gasteiger partial charge on any atom is -0.493 e. The lowest BCUT2D eigenvalue weighted by Gasteiger charge is -2.26. The van der Waals surface area contributed by atoms with Gasteiger partial charge in [-0.2, -0.15) is 5.10 Å². The van der Waals surface area contributed by atoms with Gasteiger partial charge < -0.3 is 14.8 Å². The summed E-state index contributed by atoms with van der Waals surface area (Å²) in [5.41, 5.74) is 1.02. The minimum atomic E-state index is 0.0856. The largest absolute Gasteiger partial charge is 0.493 e. The molecule has 0 aromatic carbocycles. The summed E-state index contributed by atoms with van der Waals surface area (Å²) in [4.78, 5) is 0. The van der Waals surface area contributed by atoms with Gasteiger partial charge in [-0.25, -0.2) is 0 Å². The van der Waals surface area contributed by atoms with Gasteiger partial charge in [-0.05, 0) is 13.5 Å². The maximum atomic E-state index is 5.56. The first-order chi connectivity index (χ1) is 8.19. The van der Waals surface area contributed by atoms with E-state index in [1.807, 2.05) is 18.8 Å². The zero-order valence-electron chi connectivity index (χ0n) is 11.4. The van der Waals surface area contributed by atoms with E-state index in [2.05, 4.69) is 17.3 Å². The van der Waals surface area contributed by atoms with Gasteiger partial charge in [0.25, 0.3) is 0 Å². The third-order valence-corrected chi connectivity index (χ3v) is 3.02. The average Bonchev–Trinajstić information content (AvgIpc) is 2.71. The van der Waals surface area contributed by atoms with E-state index in [9.17, 15) is 0 Å². The van der Waals surface area contributed by atoms with Crippen molar-refractivity contribution >= 4 is 0 Å². The zero-order valence-corrected chi connectivity index (χ0v) is 11.4. The zero-order chi connectivity index (χ0) is 12.8. The van der Waals surface area contributed by atoms with Gasteiger partial charge in [0.2, 0.25) is 0 Å². The molecule has 0 saturated carbocycles. The molecule has 0 bridgehead atoms. The highest BCUT2D eigenvalue weighted by atomic mass is 16.5. The van der Waals surface area contributed by atoms with Gasteiger partial charge in [0.15, 0.2) is 5.75 Å². The highest BCUT2D eigenvalue weighted by Gasteiger charge is 2.27. The summed E-state index contributed by atoms with van der Waals surface area (Å²) in [6.07, 6.45) is 3.93. The van der Waals surface area contributed by atoms with Crippen molar-refractivity contribution in [1.29, 1.82) is 0 Å². The molecule has 0 fully saturated rings. The van der Waals surface area contributed by atoms with E-state index in [0.29, 0.717) is 0 Å². The van der Waals surface area contributed by atoms with Crippen molar-refractivity contribution in [3.05, 3.63) is 11.9 Å². The Morgan fingerprint density at radius 3 is 2.65 bits per heavy atom. The summed E-state index contributed by atoms with van der Waals surface area (Å²) in [7, 11) is 7.25. The van der Waals surface area contributed by atoms with E-state index < -0.39 is 0 Å². The molecule has 0 aliphatic rings. The fourth-order valence-corrected chi connectivity index (χ4v) is 2.14. The summed E-state index contributed by atoms with van der Waals surface area (Å²) in [5, 5.41) is 7.52. The highest BCUT2D eigenvalue weighted by molar-refractivity contribution is 5.29. The van der Waals surface area contributed by atoms with Gasteiger partial charge in [-0.1, -0.05) is 13.3 Å². The summed E-state index contributed by atoms with van der Waals surface area (Å²) >= 11 is 0. The minimum absolute atomic E-state index is 0.0856. The third-order valence-electron chi connectivity index (χ3n) is 3.02. The number of ether oxygens (including phenoxy) is 2. The van der Waals surface area contributed by atoms with Crippen molar-refractivity contribution in [2.75, 3.05) is 21.3 Å². The van der Waals surface area contributed by atoms with Crippen molar-refractivity contribution < 1.29 is 9.47 Å². The number of aromatic nitrogens is 2. The monoisotopic (exact) mass is 241 g/mol. The molecule has 5 heteroatoms. The van der Waals surface area contributed by atoms with Crippen LogP contribution in [0.5, 0.6) is 5.75 Å². The molecule has 1 aromatic rings. The number of hydrogen-bond donors (Lipinski definition) is 1. The van der Waals surface area contributed by atoms with Gasteiger partial charge >= 0.3 is 0 Å². The van der Waals surface area contributed by atoms with E-state index in [1.165, 1.54) is 0 Å². The molecule has 0 aliphatic carbocycles.